The lowest BCUT2D eigenvalue weighted by atomic mass is 10.0. The Kier molecular flexibility index (Phi) is 9.54. The van der Waals surface area contributed by atoms with Crippen molar-refractivity contribution >= 4 is 17.8 Å². The zero-order valence-electron chi connectivity index (χ0n) is 13.5. The quantitative estimate of drug-likeness (QED) is 0.394. The van der Waals surface area contributed by atoms with E-state index in [1.54, 1.807) is 7.11 Å². The summed E-state index contributed by atoms with van der Waals surface area (Å²) in [7, 11) is 1.66. The van der Waals surface area contributed by atoms with Crippen molar-refractivity contribution in [1.29, 1.82) is 5.41 Å². The molecule has 0 aliphatic carbocycles. The number of rotatable bonds is 12. The summed E-state index contributed by atoms with van der Waals surface area (Å²) in [6, 6.07) is 7.95. The fraction of sp³-hybridized carbons (Fsp3) is 0.412. The van der Waals surface area contributed by atoms with Gasteiger partial charge in [-0.3, -0.25) is 4.79 Å². The summed E-state index contributed by atoms with van der Waals surface area (Å²) < 4.78 is 10.3. The number of carboxylic acid groups (broad SMARTS) is 1. The van der Waals surface area contributed by atoms with Crippen molar-refractivity contribution in [1.82, 2.24) is 0 Å². The molecule has 0 heterocycles. The number of hydrogen-bond donors (Lipinski definition) is 3. The van der Waals surface area contributed by atoms with Crippen LogP contribution >= 0.6 is 0 Å². The Hall–Kier alpha value is -2.02. The van der Waals surface area contributed by atoms with Crippen LogP contribution in [0.2, 0.25) is 0 Å². The Labute approximate surface area is 136 Å². The first-order valence-corrected chi connectivity index (χ1v) is 7.59. The van der Waals surface area contributed by atoms with Gasteiger partial charge in [0.15, 0.2) is 0 Å². The molecule has 1 aromatic carbocycles. The first-order valence-electron chi connectivity index (χ1n) is 7.59. The summed E-state index contributed by atoms with van der Waals surface area (Å²) in [5.74, 6) is -0.850. The van der Waals surface area contributed by atoms with E-state index < -0.39 is 5.97 Å². The summed E-state index contributed by atoms with van der Waals surface area (Å²) in [4.78, 5) is 10.4. The van der Waals surface area contributed by atoms with Gasteiger partial charge in [0.25, 0.3) is 0 Å². The summed E-state index contributed by atoms with van der Waals surface area (Å²) in [6.07, 6.45) is 4.00. The number of quaternary nitrogens is 1. The molecule has 0 saturated heterocycles. The highest BCUT2D eigenvalue weighted by molar-refractivity contribution is 6.07. The van der Waals surface area contributed by atoms with Crippen LogP contribution in [0.1, 0.15) is 17.5 Å². The van der Waals surface area contributed by atoms with Gasteiger partial charge in [0.1, 0.15) is 12.7 Å². The lowest BCUT2D eigenvalue weighted by molar-refractivity contribution is -0.588. The van der Waals surface area contributed by atoms with Crippen LogP contribution in [0.5, 0.6) is 0 Å². The molecule has 0 saturated carbocycles. The molecule has 0 fully saturated rings. The average Bonchev–Trinajstić information content (AvgIpc) is 2.55. The largest absolute Gasteiger partial charge is 0.481 e. The normalized spacial score (nSPS) is 11.4. The van der Waals surface area contributed by atoms with E-state index in [1.807, 2.05) is 35.8 Å². The first kappa shape index (κ1) is 19.0. The predicted octanol–water partition coefficient (Wildman–Crippen LogP) is 0.921. The van der Waals surface area contributed by atoms with E-state index in [2.05, 4.69) is 0 Å². The molecule has 0 unspecified atom stereocenters. The number of ether oxygens (including phenoxy) is 2. The van der Waals surface area contributed by atoms with Gasteiger partial charge in [0.2, 0.25) is 0 Å². The van der Waals surface area contributed by atoms with E-state index in [0.29, 0.717) is 19.6 Å². The molecule has 0 aromatic heterocycles. The van der Waals surface area contributed by atoms with Gasteiger partial charge in [-0.1, -0.05) is 24.3 Å². The van der Waals surface area contributed by atoms with Crippen LogP contribution in [0.25, 0.3) is 5.57 Å². The van der Waals surface area contributed by atoms with Gasteiger partial charge in [-0.05, 0) is 17.5 Å². The standard InChI is InChI=1S/C17H24N2O4/c1-22-10-7-19-13-16(12-18)15-4-2-3-14(11-15)5-8-23-9-6-17(20)21/h2-4,11-13,18-19H,5-10H2,1H3,(H,20,21)/p+1. The van der Waals surface area contributed by atoms with Crippen molar-refractivity contribution in [2.45, 2.75) is 12.8 Å². The van der Waals surface area contributed by atoms with Crippen LogP contribution in [0.3, 0.4) is 0 Å². The van der Waals surface area contributed by atoms with Crippen LogP contribution in [0.4, 0.5) is 0 Å². The molecule has 0 aliphatic heterocycles. The van der Waals surface area contributed by atoms with Crippen molar-refractivity contribution < 1.29 is 24.7 Å². The number of methoxy groups -OCH3 is 1. The summed E-state index contributed by atoms with van der Waals surface area (Å²) in [5, 5.41) is 18.1. The first-order chi connectivity index (χ1) is 11.2. The number of aliphatic carboxylic acids is 1. The molecular weight excluding hydrogens is 296 g/mol. The second-order valence-electron chi connectivity index (χ2n) is 4.99. The lowest BCUT2D eigenvalue weighted by Gasteiger charge is -2.06. The van der Waals surface area contributed by atoms with Crippen LogP contribution in [-0.4, -0.2) is 50.8 Å². The second kappa shape index (κ2) is 11.5. The van der Waals surface area contributed by atoms with Crippen LogP contribution in [0.15, 0.2) is 30.5 Å². The van der Waals surface area contributed by atoms with Crippen LogP contribution < -0.4 is 5.32 Å². The molecule has 0 amide bonds. The molecule has 4 N–H and O–H groups in total. The Bertz CT molecular complexity index is 529. The molecule has 0 bridgehead atoms. The van der Waals surface area contributed by atoms with Gasteiger partial charge in [-0.2, -0.15) is 0 Å². The molecule has 0 atom stereocenters. The van der Waals surface area contributed by atoms with Crippen LogP contribution in [0, 0.1) is 5.41 Å². The van der Waals surface area contributed by atoms with Crippen molar-refractivity contribution in [2.75, 3.05) is 33.5 Å². The van der Waals surface area contributed by atoms with E-state index in [0.717, 1.165) is 23.2 Å². The van der Waals surface area contributed by atoms with Gasteiger partial charge in [0, 0.05) is 13.3 Å². The Morgan fingerprint density at radius 1 is 1.35 bits per heavy atom. The third-order valence-electron chi connectivity index (χ3n) is 3.20. The van der Waals surface area contributed by atoms with E-state index in [9.17, 15) is 4.79 Å². The van der Waals surface area contributed by atoms with Gasteiger partial charge < -0.3 is 25.3 Å². The Morgan fingerprint density at radius 3 is 2.87 bits per heavy atom. The topological polar surface area (TPSA) is 96.2 Å². The highest BCUT2D eigenvalue weighted by Gasteiger charge is 2.03. The lowest BCUT2D eigenvalue weighted by Crippen LogP contribution is -2.79. The highest BCUT2D eigenvalue weighted by atomic mass is 16.5. The Balaban J connectivity index is 2.53. The molecule has 1 rings (SSSR count). The van der Waals surface area contributed by atoms with Gasteiger partial charge >= 0.3 is 5.97 Å². The minimum absolute atomic E-state index is 0.0258. The minimum Gasteiger partial charge on any atom is -0.481 e. The van der Waals surface area contributed by atoms with Gasteiger partial charge in [-0.25, -0.2) is 0 Å². The average molecular weight is 321 g/mol. The molecular formula is C17H25N2O4+. The fourth-order valence-corrected chi connectivity index (χ4v) is 1.98. The molecule has 126 valence electrons. The van der Waals surface area contributed by atoms with Crippen molar-refractivity contribution in [2.24, 2.45) is 0 Å². The SMILES string of the molecule is COCC[NH2+]C=C(C=N)c1cccc(CCOCCC(=O)O)c1. The third-order valence-corrected chi connectivity index (χ3v) is 3.20. The third kappa shape index (κ3) is 8.25. The van der Waals surface area contributed by atoms with E-state index >= 15 is 0 Å². The number of nitrogens with two attached hydrogens (primary N) is 1. The highest BCUT2D eigenvalue weighted by Crippen LogP contribution is 2.13. The van der Waals surface area contributed by atoms with Crippen LogP contribution in [-0.2, 0) is 20.7 Å². The number of allylic oxidation sites excluding steroid dienone is 1. The molecule has 0 radical (unpaired) electrons. The number of carboxylic acids is 1. The summed E-state index contributed by atoms with van der Waals surface area (Å²) in [5.41, 5.74) is 2.92. The molecule has 23 heavy (non-hydrogen) atoms. The molecule has 6 heteroatoms. The summed E-state index contributed by atoms with van der Waals surface area (Å²) in [6.45, 7) is 2.19. The van der Waals surface area contributed by atoms with Crippen molar-refractivity contribution in [3.05, 3.63) is 41.6 Å². The van der Waals surface area contributed by atoms with E-state index in [-0.39, 0.29) is 13.0 Å². The maximum Gasteiger partial charge on any atom is 0.305 e. The smallest absolute Gasteiger partial charge is 0.305 e. The summed E-state index contributed by atoms with van der Waals surface area (Å²) >= 11 is 0. The fourth-order valence-electron chi connectivity index (χ4n) is 1.98. The number of nitrogens with one attached hydrogen (secondary N) is 1. The maximum atomic E-state index is 10.4. The number of hydrogen-bond acceptors (Lipinski definition) is 4. The van der Waals surface area contributed by atoms with Gasteiger partial charge in [0.05, 0.1) is 31.8 Å². The minimum atomic E-state index is -0.850. The maximum absolute atomic E-state index is 10.4. The number of carbonyl (C=O) groups is 1. The zero-order chi connectivity index (χ0) is 16.9. The van der Waals surface area contributed by atoms with E-state index in [4.69, 9.17) is 20.0 Å². The Morgan fingerprint density at radius 2 is 2.17 bits per heavy atom. The molecule has 0 spiro atoms. The zero-order valence-corrected chi connectivity index (χ0v) is 13.5. The second-order valence-corrected chi connectivity index (χ2v) is 4.99. The van der Waals surface area contributed by atoms with Crippen molar-refractivity contribution in [3.8, 4) is 0 Å². The van der Waals surface area contributed by atoms with E-state index in [1.165, 1.54) is 6.21 Å². The molecule has 6 nitrogen and oxygen atoms in total. The molecule has 1 aromatic rings. The monoisotopic (exact) mass is 321 g/mol. The van der Waals surface area contributed by atoms with Crippen molar-refractivity contribution in [3.63, 3.8) is 0 Å². The predicted molar refractivity (Wildman–Crippen MR) is 88.6 cm³/mol. The number of benzene rings is 1. The van der Waals surface area contributed by atoms with Gasteiger partial charge in [-0.15, -0.1) is 0 Å². The molecule has 0 aliphatic rings.